The van der Waals surface area contributed by atoms with Crippen molar-refractivity contribution in [3.05, 3.63) is 0 Å². The van der Waals surface area contributed by atoms with Crippen molar-refractivity contribution in [2.75, 3.05) is 0 Å². The average molecular weight is 172 g/mol. The number of ether oxygens (including phenoxy) is 1. The average Bonchev–Trinajstić information content (AvgIpc) is 2.11. The first kappa shape index (κ1) is 9.27. The highest BCUT2D eigenvalue weighted by atomic mass is 28.1. The molecule has 1 saturated carbocycles. The Hall–Kier alpha value is 0.177. The fourth-order valence-corrected chi connectivity index (χ4v) is 2.86. The van der Waals surface area contributed by atoms with E-state index in [4.69, 9.17) is 4.74 Å². The van der Waals surface area contributed by atoms with E-state index in [-0.39, 0.29) is 5.60 Å². The van der Waals surface area contributed by atoms with Gasteiger partial charge in [-0.2, -0.15) is 0 Å². The summed E-state index contributed by atoms with van der Waals surface area (Å²) in [7, 11) is 1.29. The normalized spacial score (nSPS) is 38.7. The van der Waals surface area contributed by atoms with E-state index >= 15 is 0 Å². The van der Waals surface area contributed by atoms with E-state index < -0.39 is 0 Å². The lowest BCUT2D eigenvalue weighted by Gasteiger charge is -2.31. The first-order valence-electron chi connectivity index (χ1n) is 4.72. The summed E-state index contributed by atoms with van der Waals surface area (Å²) in [6, 6.07) is 0. The molecular weight excluding hydrogens is 152 g/mol. The van der Waals surface area contributed by atoms with Gasteiger partial charge in [-0.05, 0) is 32.7 Å². The fraction of sp³-hybridized carbons (Fsp3) is 1.00. The SMILES string of the molecule is CC(C)OC1(C)CCCC1[SiH3]. The fourth-order valence-electron chi connectivity index (χ4n) is 2.02. The van der Waals surface area contributed by atoms with Gasteiger partial charge in [0.2, 0.25) is 0 Å². The van der Waals surface area contributed by atoms with Gasteiger partial charge in [0.05, 0.1) is 11.7 Å². The van der Waals surface area contributed by atoms with E-state index in [0.717, 1.165) is 5.54 Å². The van der Waals surface area contributed by atoms with Gasteiger partial charge in [-0.25, -0.2) is 0 Å². The first-order chi connectivity index (χ1) is 5.04. The van der Waals surface area contributed by atoms with E-state index in [9.17, 15) is 0 Å². The molecule has 0 heterocycles. The molecule has 2 atom stereocenters. The van der Waals surface area contributed by atoms with Crippen molar-refractivity contribution in [1.82, 2.24) is 0 Å². The molecule has 2 unspecified atom stereocenters. The summed E-state index contributed by atoms with van der Waals surface area (Å²) in [5.41, 5.74) is 1.12. The highest BCUT2D eigenvalue weighted by molar-refractivity contribution is 6.12. The van der Waals surface area contributed by atoms with Crippen LogP contribution in [0, 0.1) is 0 Å². The minimum Gasteiger partial charge on any atom is -0.373 e. The second-order valence-electron chi connectivity index (χ2n) is 4.27. The minimum atomic E-state index is 0.236. The molecule has 2 heteroatoms. The zero-order valence-corrected chi connectivity index (χ0v) is 10.2. The molecule has 0 aromatic rings. The van der Waals surface area contributed by atoms with Gasteiger partial charge < -0.3 is 4.74 Å². The number of rotatable bonds is 2. The van der Waals surface area contributed by atoms with E-state index in [0.29, 0.717) is 6.10 Å². The van der Waals surface area contributed by atoms with Crippen molar-refractivity contribution in [2.45, 2.75) is 57.3 Å². The summed E-state index contributed by atoms with van der Waals surface area (Å²) in [5.74, 6) is 0. The lowest BCUT2D eigenvalue weighted by atomic mass is 10.0. The summed E-state index contributed by atoms with van der Waals surface area (Å²) in [6.45, 7) is 6.56. The highest BCUT2D eigenvalue weighted by Crippen LogP contribution is 2.41. The Kier molecular flexibility index (Phi) is 2.76. The quantitative estimate of drug-likeness (QED) is 0.574. The molecule has 0 amide bonds. The van der Waals surface area contributed by atoms with E-state index in [2.05, 4.69) is 20.8 Å². The molecule has 1 rings (SSSR count). The van der Waals surface area contributed by atoms with Gasteiger partial charge in [-0.1, -0.05) is 12.8 Å². The molecule has 1 aliphatic rings. The van der Waals surface area contributed by atoms with Gasteiger partial charge in [0, 0.05) is 10.2 Å². The second-order valence-corrected chi connectivity index (χ2v) is 5.67. The molecule has 11 heavy (non-hydrogen) atoms. The molecule has 0 spiro atoms. The van der Waals surface area contributed by atoms with Crippen LogP contribution in [0.5, 0.6) is 0 Å². The third-order valence-corrected chi connectivity index (χ3v) is 4.66. The van der Waals surface area contributed by atoms with Crippen molar-refractivity contribution in [2.24, 2.45) is 0 Å². The van der Waals surface area contributed by atoms with Crippen LogP contribution in [0.1, 0.15) is 40.0 Å². The van der Waals surface area contributed by atoms with Gasteiger partial charge in [0.1, 0.15) is 0 Å². The van der Waals surface area contributed by atoms with Crippen molar-refractivity contribution >= 4 is 10.2 Å². The Morgan fingerprint density at radius 3 is 2.55 bits per heavy atom. The minimum absolute atomic E-state index is 0.236. The largest absolute Gasteiger partial charge is 0.373 e. The van der Waals surface area contributed by atoms with E-state index in [1.807, 2.05) is 0 Å². The molecule has 1 fully saturated rings. The van der Waals surface area contributed by atoms with Crippen LogP contribution in [0.3, 0.4) is 0 Å². The smallest absolute Gasteiger partial charge is 0.0654 e. The molecule has 66 valence electrons. The van der Waals surface area contributed by atoms with Gasteiger partial charge in [0.25, 0.3) is 0 Å². The van der Waals surface area contributed by atoms with Crippen molar-refractivity contribution < 1.29 is 4.74 Å². The predicted octanol–water partition coefficient (Wildman–Crippen LogP) is 1.51. The van der Waals surface area contributed by atoms with Crippen molar-refractivity contribution in [1.29, 1.82) is 0 Å². The van der Waals surface area contributed by atoms with Gasteiger partial charge in [-0.15, -0.1) is 0 Å². The topological polar surface area (TPSA) is 9.23 Å². The van der Waals surface area contributed by atoms with Crippen LogP contribution in [0.15, 0.2) is 0 Å². The third-order valence-electron chi connectivity index (χ3n) is 2.86. The van der Waals surface area contributed by atoms with Crippen LogP contribution < -0.4 is 0 Å². The van der Waals surface area contributed by atoms with Crippen LogP contribution in [0.2, 0.25) is 5.54 Å². The number of hydrogen-bond acceptors (Lipinski definition) is 1. The van der Waals surface area contributed by atoms with Crippen LogP contribution >= 0.6 is 0 Å². The summed E-state index contributed by atoms with van der Waals surface area (Å²) >= 11 is 0. The van der Waals surface area contributed by atoms with Gasteiger partial charge >= 0.3 is 0 Å². The number of hydrogen-bond donors (Lipinski definition) is 0. The van der Waals surface area contributed by atoms with Crippen LogP contribution in [0.25, 0.3) is 0 Å². The molecule has 0 aromatic heterocycles. The molecule has 1 aliphatic carbocycles. The standard InChI is InChI=1S/C9H20OSi/c1-7(2)10-9(3)6-4-5-8(9)11/h7-8H,4-6H2,1-3,11H3. The second kappa shape index (κ2) is 3.28. The molecule has 0 N–H and O–H groups in total. The zero-order chi connectivity index (χ0) is 8.48. The van der Waals surface area contributed by atoms with Crippen molar-refractivity contribution in [3.63, 3.8) is 0 Å². The Morgan fingerprint density at radius 1 is 1.55 bits per heavy atom. The molecular formula is C9H20OSi. The lowest BCUT2D eigenvalue weighted by molar-refractivity contribution is -0.0621. The van der Waals surface area contributed by atoms with Crippen LogP contribution in [0.4, 0.5) is 0 Å². The summed E-state index contributed by atoms with van der Waals surface area (Å²) in [5, 5.41) is 0. The molecule has 0 aliphatic heterocycles. The Balaban J connectivity index is 2.51. The molecule has 0 aromatic carbocycles. The van der Waals surface area contributed by atoms with E-state index in [1.165, 1.54) is 29.5 Å². The lowest BCUT2D eigenvalue weighted by Crippen LogP contribution is -2.32. The molecule has 1 nitrogen and oxygen atoms in total. The van der Waals surface area contributed by atoms with Crippen molar-refractivity contribution in [3.8, 4) is 0 Å². The van der Waals surface area contributed by atoms with Crippen LogP contribution in [-0.2, 0) is 4.74 Å². The summed E-state index contributed by atoms with van der Waals surface area (Å²) in [6.07, 6.45) is 4.45. The monoisotopic (exact) mass is 172 g/mol. The Bertz CT molecular complexity index is 136. The maximum absolute atomic E-state index is 5.95. The Morgan fingerprint density at radius 2 is 2.18 bits per heavy atom. The molecule has 0 bridgehead atoms. The summed E-state index contributed by atoms with van der Waals surface area (Å²) in [4.78, 5) is 0. The summed E-state index contributed by atoms with van der Waals surface area (Å²) < 4.78 is 5.95. The maximum Gasteiger partial charge on any atom is 0.0654 e. The van der Waals surface area contributed by atoms with Gasteiger partial charge in [0.15, 0.2) is 0 Å². The zero-order valence-electron chi connectivity index (χ0n) is 8.18. The predicted molar refractivity (Wildman–Crippen MR) is 52.2 cm³/mol. The first-order valence-corrected chi connectivity index (χ1v) is 5.88. The molecule has 0 saturated heterocycles. The molecule has 0 radical (unpaired) electrons. The Labute approximate surface area is 72.9 Å². The van der Waals surface area contributed by atoms with Gasteiger partial charge in [-0.3, -0.25) is 0 Å². The third kappa shape index (κ3) is 2.06. The highest BCUT2D eigenvalue weighted by Gasteiger charge is 2.36. The van der Waals surface area contributed by atoms with E-state index in [1.54, 1.807) is 0 Å². The maximum atomic E-state index is 5.95. The van der Waals surface area contributed by atoms with Crippen LogP contribution in [-0.4, -0.2) is 21.9 Å².